The van der Waals surface area contributed by atoms with Gasteiger partial charge in [0.15, 0.2) is 5.65 Å². The minimum Gasteiger partial charge on any atom is -0.296 e. The molecular formula is C21H18Cl2N4O. The Bertz CT molecular complexity index is 1180. The molecule has 0 fully saturated rings. The van der Waals surface area contributed by atoms with Crippen LogP contribution in [0.5, 0.6) is 0 Å². The molecule has 0 atom stereocenters. The van der Waals surface area contributed by atoms with E-state index < -0.39 is 0 Å². The van der Waals surface area contributed by atoms with Crippen molar-refractivity contribution < 1.29 is 0 Å². The Kier molecular flexibility index (Phi) is 5.20. The third-order valence-corrected chi connectivity index (χ3v) is 5.19. The summed E-state index contributed by atoms with van der Waals surface area (Å²) in [7, 11) is 0. The number of hydrogen-bond donors (Lipinski definition) is 0. The van der Waals surface area contributed by atoms with Crippen LogP contribution in [0.3, 0.4) is 0 Å². The predicted octanol–water partition coefficient (Wildman–Crippen LogP) is 4.69. The van der Waals surface area contributed by atoms with Crippen LogP contribution in [-0.4, -0.2) is 19.3 Å². The SMILES string of the molecule is CCc1nc2c(cnn2-c2ccc(Cl)cc2)c(=O)n1CCc1ccc(Cl)cc1. The number of hydrogen-bond acceptors (Lipinski definition) is 3. The standard InChI is InChI=1S/C21H18Cl2N4O/c1-2-19-25-20-18(13-24-27(20)17-9-7-16(23)8-10-17)21(28)26(19)12-11-14-3-5-15(22)6-4-14/h3-10,13H,2,11-12H2,1H3. The first kappa shape index (κ1) is 18.7. The number of aryl methyl sites for hydroxylation is 2. The molecule has 4 rings (SSSR count). The second-order valence-corrected chi connectivity index (χ2v) is 7.36. The summed E-state index contributed by atoms with van der Waals surface area (Å²) in [5.74, 6) is 0.738. The molecule has 2 aromatic heterocycles. The van der Waals surface area contributed by atoms with E-state index in [4.69, 9.17) is 28.2 Å². The van der Waals surface area contributed by atoms with Gasteiger partial charge in [0.05, 0.1) is 11.9 Å². The quantitative estimate of drug-likeness (QED) is 0.477. The van der Waals surface area contributed by atoms with E-state index in [2.05, 4.69) is 5.10 Å². The number of aromatic nitrogens is 4. The summed E-state index contributed by atoms with van der Waals surface area (Å²) >= 11 is 11.9. The first-order chi connectivity index (χ1) is 13.6. The van der Waals surface area contributed by atoms with Gasteiger partial charge in [-0.15, -0.1) is 0 Å². The normalized spacial score (nSPS) is 11.2. The van der Waals surface area contributed by atoms with Crippen LogP contribution in [-0.2, 0) is 19.4 Å². The molecule has 0 aliphatic carbocycles. The Morgan fingerprint density at radius 3 is 2.25 bits per heavy atom. The van der Waals surface area contributed by atoms with Gasteiger partial charge < -0.3 is 0 Å². The molecule has 7 heteroatoms. The molecule has 5 nitrogen and oxygen atoms in total. The van der Waals surface area contributed by atoms with Crippen LogP contribution >= 0.6 is 23.2 Å². The fraction of sp³-hybridized carbons (Fsp3) is 0.190. The lowest BCUT2D eigenvalue weighted by Crippen LogP contribution is -2.26. The van der Waals surface area contributed by atoms with Crippen LogP contribution in [0, 0.1) is 0 Å². The fourth-order valence-corrected chi connectivity index (χ4v) is 3.46. The van der Waals surface area contributed by atoms with Gasteiger partial charge >= 0.3 is 0 Å². The monoisotopic (exact) mass is 412 g/mol. The molecule has 0 aliphatic rings. The number of fused-ring (bicyclic) bond motifs is 1. The first-order valence-electron chi connectivity index (χ1n) is 9.04. The molecule has 0 spiro atoms. The summed E-state index contributed by atoms with van der Waals surface area (Å²) in [5, 5.41) is 6.23. The highest BCUT2D eigenvalue weighted by molar-refractivity contribution is 6.30. The van der Waals surface area contributed by atoms with Crippen molar-refractivity contribution in [2.24, 2.45) is 0 Å². The fourth-order valence-electron chi connectivity index (χ4n) is 3.21. The van der Waals surface area contributed by atoms with Gasteiger partial charge in [-0.05, 0) is 48.4 Å². The highest BCUT2D eigenvalue weighted by atomic mass is 35.5. The zero-order valence-corrected chi connectivity index (χ0v) is 16.8. The first-order valence-corrected chi connectivity index (χ1v) is 9.80. The third-order valence-electron chi connectivity index (χ3n) is 4.69. The zero-order chi connectivity index (χ0) is 19.7. The van der Waals surface area contributed by atoms with Crippen molar-refractivity contribution in [1.82, 2.24) is 19.3 Å². The average Bonchev–Trinajstić information content (AvgIpc) is 3.13. The maximum atomic E-state index is 13.1. The van der Waals surface area contributed by atoms with Gasteiger partial charge in [0, 0.05) is 23.0 Å². The largest absolute Gasteiger partial charge is 0.296 e. The van der Waals surface area contributed by atoms with E-state index in [9.17, 15) is 4.79 Å². The molecule has 0 unspecified atom stereocenters. The van der Waals surface area contributed by atoms with E-state index in [0.717, 1.165) is 23.5 Å². The Balaban J connectivity index is 1.74. The van der Waals surface area contributed by atoms with E-state index in [0.29, 0.717) is 34.0 Å². The molecule has 0 radical (unpaired) electrons. The van der Waals surface area contributed by atoms with Gasteiger partial charge in [0.2, 0.25) is 0 Å². The van der Waals surface area contributed by atoms with Gasteiger partial charge in [-0.25, -0.2) is 9.67 Å². The van der Waals surface area contributed by atoms with Crippen LogP contribution in [0.15, 0.2) is 59.5 Å². The highest BCUT2D eigenvalue weighted by Crippen LogP contribution is 2.18. The van der Waals surface area contributed by atoms with Gasteiger partial charge in [0.1, 0.15) is 11.2 Å². The van der Waals surface area contributed by atoms with Crippen molar-refractivity contribution in [2.75, 3.05) is 0 Å². The molecule has 142 valence electrons. The average molecular weight is 413 g/mol. The van der Waals surface area contributed by atoms with Crippen molar-refractivity contribution in [3.63, 3.8) is 0 Å². The number of nitrogens with zero attached hydrogens (tertiary/aromatic N) is 4. The zero-order valence-electron chi connectivity index (χ0n) is 15.3. The Hall–Kier alpha value is -2.63. The second-order valence-electron chi connectivity index (χ2n) is 6.48. The van der Waals surface area contributed by atoms with Crippen molar-refractivity contribution in [1.29, 1.82) is 0 Å². The maximum absolute atomic E-state index is 13.1. The maximum Gasteiger partial charge on any atom is 0.264 e. The molecule has 4 aromatic rings. The van der Waals surface area contributed by atoms with E-state index in [-0.39, 0.29) is 5.56 Å². The minimum absolute atomic E-state index is 0.0731. The van der Waals surface area contributed by atoms with Crippen LogP contribution in [0.2, 0.25) is 10.0 Å². The van der Waals surface area contributed by atoms with Crippen molar-refractivity contribution >= 4 is 34.2 Å². The summed E-state index contributed by atoms with van der Waals surface area (Å²) in [6.07, 6.45) is 2.96. The van der Waals surface area contributed by atoms with E-state index in [1.165, 1.54) is 0 Å². The number of halogens is 2. The van der Waals surface area contributed by atoms with Crippen LogP contribution in [0.1, 0.15) is 18.3 Å². The summed E-state index contributed by atoms with van der Waals surface area (Å²) in [6.45, 7) is 2.55. The molecule has 2 aromatic carbocycles. The number of benzene rings is 2. The summed E-state index contributed by atoms with van der Waals surface area (Å²) in [4.78, 5) is 17.9. The summed E-state index contributed by atoms with van der Waals surface area (Å²) < 4.78 is 3.42. The predicted molar refractivity (Wildman–Crippen MR) is 113 cm³/mol. The molecule has 0 saturated carbocycles. The Labute approximate surface area is 172 Å². The lowest BCUT2D eigenvalue weighted by molar-refractivity contribution is 0.620. The van der Waals surface area contributed by atoms with Crippen molar-refractivity contribution in [3.8, 4) is 5.69 Å². The van der Waals surface area contributed by atoms with Gasteiger partial charge in [0.25, 0.3) is 5.56 Å². The van der Waals surface area contributed by atoms with Crippen LogP contribution in [0.4, 0.5) is 0 Å². The Morgan fingerprint density at radius 2 is 1.61 bits per heavy atom. The molecule has 0 saturated heterocycles. The number of rotatable bonds is 5. The topological polar surface area (TPSA) is 52.7 Å². The van der Waals surface area contributed by atoms with Gasteiger partial charge in [-0.1, -0.05) is 42.3 Å². The van der Waals surface area contributed by atoms with Crippen LogP contribution in [0.25, 0.3) is 16.7 Å². The minimum atomic E-state index is -0.0731. The van der Waals surface area contributed by atoms with Gasteiger partial charge in [-0.3, -0.25) is 9.36 Å². The van der Waals surface area contributed by atoms with E-state index in [1.807, 2.05) is 43.3 Å². The molecule has 0 N–H and O–H groups in total. The molecule has 0 amide bonds. The summed E-state index contributed by atoms with van der Waals surface area (Å²) in [5.41, 5.74) is 2.42. The molecule has 2 heterocycles. The van der Waals surface area contributed by atoms with Crippen LogP contribution < -0.4 is 5.56 Å². The molecular weight excluding hydrogens is 395 g/mol. The van der Waals surface area contributed by atoms with E-state index >= 15 is 0 Å². The highest BCUT2D eigenvalue weighted by Gasteiger charge is 2.15. The second kappa shape index (κ2) is 7.78. The lowest BCUT2D eigenvalue weighted by atomic mass is 10.1. The van der Waals surface area contributed by atoms with E-state index in [1.54, 1.807) is 27.6 Å². The summed E-state index contributed by atoms with van der Waals surface area (Å²) in [6, 6.07) is 15.0. The third kappa shape index (κ3) is 3.55. The molecule has 0 aliphatic heterocycles. The van der Waals surface area contributed by atoms with Gasteiger partial charge in [-0.2, -0.15) is 5.10 Å². The molecule has 28 heavy (non-hydrogen) atoms. The smallest absolute Gasteiger partial charge is 0.264 e. The molecule has 0 bridgehead atoms. The Morgan fingerprint density at radius 1 is 0.964 bits per heavy atom. The lowest BCUT2D eigenvalue weighted by Gasteiger charge is -2.12. The van der Waals surface area contributed by atoms with Crippen molar-refractivity contribution in [3.05, 3.63) is 86.5 Å². The van der Waals surface area contributed by atoms with Crippen molar-refractivity contribution in [2.45, 2.75) is 26.3 Å².